The molecule has 70 valence electrons. The molecule has 0 unspecified atom stereocenters. The van der Waals surface area contributed by atoms with Crippen LogP contribution in [0, 0.1) is 6.10 Å². The van der Waals surface area contributed by atoms with Crippen molar-refractivity contribution in [3.05, 3.63) is 42.0 Å². The molecule has 0 bridgehead atoms. The van der Waals surface area contributed by atoms with Crippen molar-refractivity contribution in [2.75, 3.05) is 6.61 Å². The van der Waals surface area contributed by atoms with Crippen LogP contribution >= 0.6 is 0 Å². The van der Waals surface area contributed by atoms with Gasteiger partial charge in [0.25, 0.3) is 0 Å². The molecule has 1 fully saturated rings. The fourth-order valence-electron chi connectivity index (χ4n) is 1.68. The van der Waals surface area contributed by atoms with E-state index in [1.807, 2.05) is 0 Å². The van der Waals surface area contributed by atoms with Crippen LogP contribution in [-0.4, -0.2) is 6.61 Å². The van der Waals surface area contributed by atoms with Gasteiger partial charge in [0.15, 0.2) is 0 Å². The summed E-state index contributed by atoms with van der Waals surface area (Å²) in [6.07, 6.45) is 5.92. The molecule has 1 aliphatic heterocycles. The first-order valence-electron chi connectivity index (χ1n) is 4.96. The maximum Gasteiger partial charge on any atom is 1.00 e. The zero-order valence-corrected chi connectivity index (χ0v) is 8.83. The van der Waals surface area contributed by atoms with E-state index in [0.29, 0.717) is 0 Å². The van der Waals surface area contributed by atoms with Gasteiger partial charge in [-0.1, -0.05) is 42.3 Å². The molecule has 0 radical (unpaired) electrons. The fourth-order valence-corrected chi connectivity index (χ4v) is 1.68. The van der Waals surface area contributed by atoms with Crippen molar-refractivity contribution in [3.8, 4) is 0 Å². The van der Waals surface area contributed by atoms with Crippen molar-refractivity contribution >= 4 is 0 Å². The van der Waals surface area contributed by atoms with Crippen LogP contribution in [0.5, 0.6) is 0 Å². The van der Waals surface area contributed by atoms with Crippen LogP contribution in [0.2, 0.25) is 0 Å². The van der Waals surface area contributed by atoms with Gasteiger partial charge in [0.2, 0.25) is 0 Å². The van der Waals surface area contributed by atoms with Gasteiger partial charge >= 0.3 is 18.9 Å². The minimum Gasteiger partial charge on any atom is -0.549 e. The molecular weight excluding hydrogens is 167 g/mol. The van der Waals surface area contributed by atoms with E-state index in [2.05, 4.69) is 30.3 Å². The Labute approximate surface area is 98.0 Å². The smallest absolute Gasteiger partial charge is 0.549 e. The molecule has 0 aliphatic carbocycles. The number of benzene rings is 1. The van der Waals surface area contributed by atoms with E-state index in [1.54, 1.807) is 0 Å². The molecular formula is C12H15LiO. The van der Waals surface area contributed by atoms with Crippen LogP contribution in [0.3, 0.4) is 0 Å². The maximum absolute atomic E-state index is 5.60. The number of ether oxygens (including phenoxy) is 1. The topological polar surface area (TPSA) is 9.23 Å². The van der Waals surface area contributed by atoms with Gasteiger partial charge < -0.3 is 4.74 Å². The van der Waals surface area contributed by atoms with E-state index < -0.39 is 0 Å². The standard InChI is InChI=1S/C12H15O.Li/c1-2-6-11(7-3-1)10-12-8-4-5-9-13-12;/h1-3,6-7H,4-5,8-10H2;/q-1;+1. The summed E-state index contributed by atoms with van der Waals surface area (Å²) in [5, 5.41) is 0. The van der Waals surface area contributed by atoms with Crippen molar-refractivity contribution in [2.45, 2.75) is 25.7 Å². The Bertz CT molecular complexity index is 242. The Morgan fingerprint density at radius 3 is 2.57 bits per heavy atom. The zero-order valence-electron chi connectivity index (χ0n) is 8.83. The van der Waals surface area contributed by atoms with E-state index in [4.69, 9.17) is 4.74 Å². The molecule has 1 heterocycles. The quantitative estimate of drug-likeness (QED) is 0.461. The van der Waals surface area contributed by atoms with E-state index in [0.717, 1.165) is 19.4 Å². The van der Waals surface area contributed by atoms with Gasteiger partial charge in [0.1, 0.15) is 0 Å². The average molecular weight is 182 g/mol. The predicted molar refractivity (Wildman–Crippen MR) is 53.2 cm³/mol. The number of hydrogen-bond donors (Lipinski definition) is 0. The summed E-state index contributed by atoms with van der Waals surface area (Å²) in [7, 11) is 0. The molecule has 1 aromatic rings. The molecule has 0 amide bonds. The molecule has 0 atom stereocenters. The van der Waals surface area contributed by atoms with E-state index in [-0.39, 0.29) is 18.9 Å². The molecule has 0 saturated carbocycles. The van der Waals surface area contributed by atoms with Gasteiger partial charge in [-0.15, -0.1) is 6.42 Å². The summed E-state index contributed by atoms with van der Waals surface area (Å²) in [5.74, 6) is 0. The van der Waals surface area contributed by atoms with Crippen LogP contribution in [0.1, 0.15) is 24.8 Å². The Hall–Kier alpha value is -0.223. The Morgan fingerprint density at radius 1 is 1.14 bits per heavy atom. The molecule has 2 rings (SSSR count). The van der Waals surface area contributed by atoms with Gasteiger partial charge in [0, 0.05) is 6.61 Å². The van der Waals surface area contributed by atoms with Gasteiger partial charge in [-0.3, -0.25) is 0 Å². The molecule has 0 aromatic heterocycles. The molecule has 1 saturated heterocycles. The molecule has 0 spiro atoms. The van der Waals surface area contributed by atoms with Gasteiger partial charge in [-0.05, 0) is 6.42 Å². The average Bonchev–Trinajstić information content (AvgIpc) is 2.21. The Morgan fingerprint density at radius 2 is 1.93 bits per heavy atom. The van der Waals surface area contributed by atoms with Crippen molar-refractivity contribution in [2.24, 2.45) is 0 Å². The fraction of sp³-hybridized carbons (Fsp3) is 0.417. The Balaban J connectivity index is 0.000000980. The third-order valence-electron chi connectivity index (χ3n) is 2.40. The summed E-state index contributed by atoms with van der Waals surface area (Å²) in [4.78, 5) is 0. The maximum atomic E-state index is 5.60. The van der Waals surface area contributed by atoms with Crippen LogP contribution < -0.4 is 18.9 Å². The summed E-state index contributed by atoms with van der Waals surface area (Å²) < 4.78 is 5.60. The second kappa shape index (κ2) is 6.30. The van der Waals surface area contributed by atoms with Crippen LogP contribution in [-0.2, 0) is 11.2 Å². The van der Waals surface area contributed by atoms with Crippen molar-refractivity contribution in [1.82, 2.24) is 0 Å². The third-order valence-corrected chi connectivity index (χ3v) is 2.40. The summed E-state index contributed by atoms with van der Waals surface area (Å²) in [5.41, 5.74) is 1.36. The molecule has 14 heavy (non-hydrogen) atoms. The largest absolute Gasteiger partial charge is 1.00 e. The van der Waals surface area contributed by atoms with Crippen LogP contribution in [0.15, 0.2) is 30.3 Å². The summed E-state index contributed by atoms with van der Waals surface area (Å²) >= 11 is 0. The number of rotatable bonds is 2. The first-order valence-corrected chi connectivity index (χ1v) is 4.96. The van der Waals surface area contributed by atoms with Crippen molar-refractivity contribution in [3.63, 3.8) is 0 Å². The molecule has 2 heteroatoms. The van der Waals surface area contributed by atoms with Crippen molar-refractivity contribution in [1.29, 1.82) is 0 Å². The molecule has 1 nitrogen and oxygen atoms in total. The van der Waals surface area contributed by atoms with Crippen LogP contribution in [0.25, 0.3) is 0 Å². The minimum absolute atomic E-state index is 0. The van der Waals surface area contributed by atoms with Gasteiger partial charge in [-0.25, -0.2) is 0 Å². The van der Waals surface area contributed by atoms with Gasteiger partial charge in [0.05, 0.1) is 0 Å². The zero-order chi connectivity index (χ0) is 8.93. The number of hydrogen-bond acceptors (Lipinski definition) is 1. The van der Waals surface area contributed by atoms with Gasteiger partial charge in [-0.2, -0.15) is 12.5 Å². The van der Waals surface area contributed by atoms with Crippen molar-refractivity contribution < 1.29 is 23.6 Å². The monoisotopic (exact) mass is 182 g/mol. The summed E-state index contributed by atoms with van der Waals surface area (Å²) in [6.45, 7) is 0.919. The Kier molecular flexibility index (Phi) is 5.33. The SMILES string of the molecule is [Li+].c1ccc(C[C-]2CCCCO2)cc1. The second-order valence-corrected chi connectivity index (χ2v) is 3.51. The molecule has 0 N–H and O–H groups in total. The normalized spacial score (nSPS) is 17.4. The second-order valence-electron chi connectivity index (χ2n) is 3.51. The first-order chi connectivity index (χ1) is 6.45. The van der Waals surface area contributed by atoms with E-state index >= 15 is 0 Å². The first kappa shape index (κ1) is 11.8. The predicted octanol–water partition coefficient (Wildman–Crippen LogP) is -0.0344. The summed E-state index contributed by atoms with van der Waals surface area (Å²) in [6, 6.07) is 10.5. The van der Waals surface area contributed by atoms with E-state index in [1.165, 1.54) is 24.5 Å². The van der Waals surface area contributed by atoms with Crippen LogP contribution in [0.4, 0.5) is 0 Å². The minimum atomic E-state index is 0. The molecule has 1 aromatic carbocycles. The van der Waals surface area contributed by atoms with E-state index in [9.17, 15) is 0 Å². The molecule has 1 aliphatic rings. The third kappa shape index (κ3) is 3.50.